The topological polar surface area (TPSA) is 78.5 Å². The maximum atomic E-state index is 12.5. The van der Waals surface area contributed by atoms with Crippen LogP contribution in [0.25, 0.3) is 0 Å². The second-order valence-electron chi connectivity index (χ2n) is 6.41. The van der Waals surface area contributed by atoms with Crippen LogP contribution in [0.1, 0.15) is 18.9 Å². The van der Waals surface area contributed by atoms with Crippen LogP contribution < -0.4 is 10.6 Å². The lowest BCUT2D eigenvalue weighted by atomic mass is 10.1. The largest absolute Gasteiger partial charge is 0.338 e. The van der Waals surface area contributed by atoms with Crippen molar-refractivity contribution in [2.24, 2.45) is 5.92 Å². The summed E-state index contributed by atoms with van der Waals surface area (Å²) in [6.07, 6.45) is 0.212. The van der Waals surface area contributed by atoms with Crippen molar-refractivity contribution in [1.82, 2.24) is 4.90 Å². The predicted molar refractivity (Wildman–Crippen MR) is 99.3 cm³/mol. The Morgan fingerprint density at radius 1 is 1.04 bits per heavy atom. The quantitative estimate of drug-likeness (QED) is 0.869. The number of anilines is 2. The molecule has 0 spiro atoms. The Labute approximate surface area is 152 Å². The lowest BCUT2D eigenvalue weighted by molar-refractivity contribution is -0.128. The Balaban J connectivity index is 1.60. The minimum atomic E-state index is -0.379. The molecular weight excluding hydrogens is 330 g/mol. The SMILES string of the molecule is CC(=O)Nc1cccc(NC(=O)[C@@H]2CC(=O)N(Cc3ccccc3)C2)c1. The number of hydrogen-bond donors (Lipinski definition) is 2. The summed E-state index contributed by atoms with van der Waals surface area (Å²) in [7, 11) is 0. The summed E-state index contributed by atoms with van der Waals surface area (Å²) in [4.78, 5) is 37.6. The van der Waals surface area contributed by atoms with E-state index in [-0.39, 0.29) is 30.1 Å². The van der Waals surface area contributed by atoms with Crippen molar-refractivity contribution < 1.29 is 14.4 Å². The van der Waals surface area contributed by atoms with Crippen LogP contribution in [-0.4, -0.2) is 29.2 Å². The summed E-state index contributed by atoms with van der Waals surface area (Å²) >= 11 is 0. The first kappa shape index (κ1) is 17.7. The van der Waals surface area contributed by atoms with Crippen LogP contribution in [-0.2, 0) is 20.9 Å². The van der Waals surface area contributed by atoms with E-state index in [0.29, 0.717) is 24.5 Å². The Kier molecular flexibility index (Phi) is 5.31. The molecule has 1 fully saturated rings. The number of nitrogens with one attached hydrogen (secondary N) is 2. The molecule has 1 heterocycles. The van der Waals surface area contributed by atoms with Gasteiger partial charge in [-0.2, -0.15) is 0 Å². The summed E-state index contributed by atoms with van der Waals surface area (Å²) in [5.74, 6) is -0.753. The van der Waals surface area contributed by atoms with E-state index >= 15 is 0 Å². The summed E-state index contributed by atoms with van der Waals surface area (Å²) in [6.45, 7) is 2.35. The maximum Gasteiger partial charge on any atom is 0.229 e. The van der Waals surface area contributed by atoms with Crippen molar-refractivity contribution in [2.45, 2.75) is 19.9 Å². The van der Waals surface area contributed by atoms with Gasteiger partial charge in [-0.15, -0.1) is 0 Å². The molecule has 2 aromatic rings. The molecule has 2 aromatic carbocycles. The highest BCUT2D eigenvalue weighted by Crippen LogP contribution is 2.23. The van der Waals surface area contributed by atoms with E-state index in [1.807, 2.05) is 30.3 Å². The second-order valence-corrected chi connectivity index (χ2v) is 6.41. The van der Waals surface area contributed by atoms with E-state index in [4.69, 9.17) is 0 Å². The van der Waals surface area contributed by atoms with Gasteiger partial charge < -0.3 is 15.5 Å². The predicted octanol–water partition coefficient (Wildman–Crippen LogP) is 2.63. The zero-order valence-corrected chi connectivity index (χ0v) is 14.6. The Morgan fingerprint density at radius 2 is 1.73 bits per heavy atom. The van der Waals surface area contributed by atoms with Gasteiger partial charge in [-0.3, -0.25) is 14.4 Å². The molecule has 6 nitrogen and oxygen atoms in total. The summed E-state index contributed by atoms with van der Waals surface area (Å²) < 4.78 is 0. The number of hydrogen-bond acceptors (Lipinski definition) is 3. The molecule has 3 amide bonds. The third kappa shape index (κ3) is 4.47. The number of nitrogens with zero attached hydrogens (tertiary/aromatic N) is 1. The fourth-order valence-electron chi connectivity index (χ4n) is 3.03. The molecule has 0 radical (unpaired) electrons. The number of carbonyl (C=O) groups is 3. The number of benzene rings is 2. The van der Waals surface area contributed by atoms with Gasteiger partial charge in [0.15, 0.2) is 0 Å². The van der Waals surface area contributed by atoms with Crippen LogP contribution in [0, 0.1) is 5.92 Å². The van der Waals surface area contributed by atoms with Crippen molar-refractivity contribution in [3.8, 4) is 0 Å². The van der Waals surface area contributed by atoms with Gasteiger partial charge in [0.2, 0.25) is 17.7 Å². The number of carbonyl (C=O) groups excluding carboxylic acids is 3. The molecule has 0 aromatic heterocycles. The number of likely N-dealkylation sites (tertiary alicyclic amines) is 1. The zero-order valence-electron chi connectivity index (χ0n) is 14.6. The van der Waals surface area contributed by atoms with Crippen molar-refractivity contribution in [3.63, 3.8) is 0 Å². The molecule has 0 saturated carbocycles. The highest BCUT2D eigenvalue weighted by molar-refractivity contribution is 5.98. The Hall–Kier alpha value is -3.15. The molecule has 2 N–H and O–H groups in total. The molecule has 1 atom stereocenters. The first-order valence-corrected chi connectivity index (χ1v) is 8.51. The van der Waals surface area contributed by atoms with Crippen LogP contribution >= 0.6 is 0 Å². The average molecular weight is 351 g/mol. The molecule has 1 aliphatic heterocycles. The molecule has 26 heavy (non-hydrogen) atoms. The minimum Gasteiger partial charge on any atom is -0.338 e. The molecule has 0 unspecified atom stereocenters. The Bertz CT molecular complexity index is 820. The van der Waals surface area contributed by atoms with Gasteiger partial charge in [0.25, 0.3) is 0 Å². The maximum absolute atomic E-state index is 12.5. The van der Waals surface area contributed by atoms with Gasteiger partial charge in [-0.25, -0.2) is 0 Å². The van der Waals surface area contributed by atoms with Crippen LogP contribution in [0.4, 0.5) is 11.4 Å². The number of amides is 3. The van der Waals surface area contributed by atoms with Gasteiger partial charge in [0.1, 0.15) is 0 Å². The van der Waals surface area contributed by atoms with Gasteiger partial charge in [-0.05, 0) is 23.8 Å². The van der Waals surface area contributed by atoms with E-state index in [0.717, 1.165) is 5.56 Å². The number of rotatable bonds is 5. The third-order valence-corrected chi connectivity index (χ3v) is 4.25. The van der Waals surface area contributed by atoms with Crippen molar-refractivity contribution >= 4 is 29.1 Å². The molecule has 134 valence electrons. The van der Waals surface area contributed by atoms with E-state index in [9.17, 15) is 14.4 Å². The molecule has 3 rings (SSSR count). The summed E-state index contributed by atoms with van der Waals surface area (Å²) in [6, 6.07) is 16.7. The molecule has 1 aliphatic rings. The van der Waals surface area contributed by atoms with E-state index in [1.165, 1.54) is 6.92 Å². The summed E-state index contributed by atoms with van der Waals surface area (Å²) in [5, 5.41) is 5.51. The molecular formula is C20H21N3O3. The van der Waals surface area contributed by atoms with Gasteiger partial charge in [0, 0.05) is 37.8 Å². The first-order valence-electron chi connectivity index (χ1n) is 8.51. The van der Waals surface area contributed by atoms with E-state index in [2.05, 4.69) is 10.6 Å². The molecule has 1 saturated heterocycles. The standard InChI is InChI=1S/C20H21N3O3/c1-14(24)21-17-8-5-9-18(11-17)22-20(26)16-10-19(25)23(13-16)12-15-6-3-2-4-7-15/h2-9,11,16H,10,12-13H2,1H3,(H,21,24)(H,22,26)/t16-/m1/s1. The second kappa shape index (κ2) is 7.82. The smallest absolute Gasteiger partial charge is 0.229 e. The van der Waals surface area contributed by atoms with Gasteiger partial charge >= 0.3 is 0 Å². The Morgan fingerprint density at radius 3 is 2.42 bits per heavy atom. The zero-order chi connectivity index (χ0) is 18.5. The molecule has 0 bridgehead atoms. The van der Waals surface area contributed by atoms with Crippen LogP contribution in [0.5, 0.6) is 0 Å². The third-order valence-electron chi connectivity index (χ3n) is 4.25. The molecule has 0 aliphatic carbocycles. The fourth-order valence-corrected chi connectivity index (χ4v) is 3.03. The highest BCUT2D eigenvalue weighted by Gasteiger charge is 2.34. The highest BCUT2D eigenvalue weighted by atomic mass is 16.2. The van der Waals surface area contributed by atoms with Crippen molar-refractivity contribution in [1.29, 1.82) is 0 Å². The van der Waals surface area contributed by atoms with Crippen LogP contribution in [0.2, 0.25) is 0 Å². The van der Waals surface area contributed by atoms with E-state index < -0.39 is 0 Å². The van der Waals surface area contributed by atoms with Crippen LogP contribution in [0.3, 0.4) is 0 Å². The monoisotopic (exact) mass is 351 g/mol. The van der Waals surface area contributed by atoms with E-state index in [1.54, 1.807) is 29.2 Å². The van der Waals surface area contributed by atoms with Crippen molar-refractivity contribution in [2.75, 3.05) is 17.2 Å². The fraction of sp³-hybridized carbons (Fsp3) is 0.250. The summed E-state index contributed by atoms with van der Waals surface area (Å²) in [5.41, 5.74) is 2.25. The lowest BCUT2D eigenvalue weighted by Crippen LogP contribution is -2.28. The van der Waals surface area contributed by atoms with Crippen molar-refractivity contribution in [3.05, 3.63) is 60.2 Å². The van der Waals surface area contributed by atoms with Gasteiger partial charge in [0.05, 0.1) is 5.92 Å². The normalized spacial score (nSPS) is 16.4. The average Bonchev–Trinajstić information content (AvgIpc) is 2.96. The minimum absolute atomic E-state index is 0.0130. The lowest BCUT2D eigenvalue weighted by Gasteiger charge is -2.16. The first-order chi connectivity index (χ1) is 12.5. The van der Waals surface area contributed by atoms with Gasteiger partial charge in [-0.1, -0.05) is 36.4 Å². The molecule has 6 heteroatoms. The van der Waals surface area contributed by atoms with Crippen LogP contribution in [0.15, 0.2) is 54.6 Å².